The van der Waals surface area contributed by atoms with Crippen molar-refractivity contribution in [1.82, 2.24) is 0 Å². The van der Waals surface area contributed by atoms with Crippen molar-refractivity contribution in [1.29, 1.82) is 0 Å². The summed E-state index contributed by atoms with van der Waals surface area (Å²) in [6.07, 6.45) is 4.23. The second kappa shape index (κ2) is 11.2. The zero-order chi connectivity index (χ0) is 29.3. The molecule has 1 aliphatic rings. The van der Waals surface area contributed by atoms with E-state index in [2.05, 4.69) is 170 Å². The summed E-state index contributed by atoms with van der Waals surface area (Å²) in [6.45, 7) is 0. The average Bonchev–Trinajstić information content (AvgIpc) is 3.12. The van der Waals surface area contributed by atoms with Gasteiger partial charge in [-0.15, -0.1) is 0 Å². The molecule has 0 radical (unpaired) electrons. The van der Waals surface area contributed by atoms with Crippen LogP contribution in [-0.4, -0.2) is 0 Å². The Labute approximate surface area is 259 Å². The Balaban J connectivity index is 1.37. The van der Waals surface area contributed by atoms with Crippen LogP contribution in [-0.2, 0) is 0 Å². The van der Waals surface area contributed by atoms with Crippen LogP contribution in [0.4, 0.5) is 0 Å². The lowest BCUT2D eigenvalue weighted by atomic mass is 9.84. The standard InChI is InChI=1S/C44H30/c1-4-12-31(13-5-1)34-20-24-36(25-21-34)43-39-18-10-11-19-40(39)44(37-26-22-35(23-27-37)32-14-6-2-7-15-32)42-30-38(28-29-41(42)43)33-16-8-3-9-17-33/h1-2,4-7,10-16,18-30H,3,8H2. The topological polar surface area (TPSA) is 0 Å². The lowest BCUT2D eigenvalue weighted by Gasteiger charge is -2.19. The lowest BCUT2D eigenvalue weighted by molar-refractivity contribution is 1.08. The summed E-state index contributed by atoms with van der Waals surface area (Å²) in [5.74, 6) is 6.72. The molecule has 0 heterocycles. The third-order valence-corrected chi connectivity index (χ3v) is 8.74. The van der Waals surface area contributed by atoms with E-state index in [1.165, 1.54) is 71.6 Å². The maximum atomic E-state index is 3.40. The van der Waals surface area contributed by atoms with Crippen LogP contribution in [0.3, 0.4) is 0 Å². The Morgan fingerprint density at radius 1 is 0.364 bits per heavy atom. The van der Waals surface area contributed by atoms with E-state index in [0.717, 1.165) is 18.4 Å². The number of fused-ring (bicyclic) bond motifs is 2. The van der Waals surface area contributed by atoms with E-state index in [1.807, 2.05) is 0 Å². The summed E-state index contributed by atoms with van der Waals surface area (Å²) in [5, 5.41) is 5.03. The van der Waals surface area contributed by atoms with Crippen LogP contribution in [0.1, 0.15) is 18.4 Å². The second-order valence-corrected chi connectivity index (χ2v) is 11.4. The summed E-state index contributed by atoms with van der Waals surface area (Å²) in [6, 6.07) is 55.1. The molecule has 0 aromatic heterocycles. The van der Waals surface area contributed by atoms with Gasteiger partial charge in [-0.2, -0.15) is 0 Å². The maximum Gasteiger partial charge on any atom is 0.0278 e. The van der Waals surface area contributed by atoms with Gasteiger partial charge in [-0.25, -0.2) is 0 Å². The predicted molar refractivity (Wildman–Crippen MR) is 188 cm³/mol. The normalized spacial score (nSPS) is 12.5. The maximum absolute atomic E-state index is 3.40. The minimum atomic E-state index is 0.934. The SMILES string of the molecule is C1#CC(c2ccc3c(-c4ccc(-c5ccccc5)cc4)c4ccccc4c(-c4ccc(-c5ccccc5)cc4)c3c2)=CCC1. The molecule has 0 fully saturated rings. The van der Waals surface area contributed by atoms with Crippen LogP contribution in [0.2, 0.25) is 0 Å². The van der Waals surface area contributed by atoms with Crippen molar-refractivity contribution in [3.63, 3.8) is 0 Å². The van der Waals surface area contributed by atoms with E-state index in [0.29, 0.717) is 0 Å². The molecule has 0 N–H and O–H groups in total. The van der Waals surface area contributed by atoms with E-state index < -0.39 is 0 Å². The molecule has 8 rings (SSSR count). The molecular weight excluding hydrogens is 528 g/mol. The molecule has 0 saturated heterocycles. The zero-order valence-corrected chi connectivity index (χ0v) is 24.4. The van der Waals surface area contributed by atoms with Crippen LogP contribution in [0.15, 0.2) is 158 Å². The molecule has 0 nitrogen and oxygen atoms in total. The van der Waals surface area contributed by atoms with Crippen molar-refractivity contribution in [2.24, 2.45) is 0 Å². The van der Waals surface area contributed by atoms with Crippen molar-refractivity contribution >= 4 is 27.1 Å². The largest absolute Gasteiger partial charge is 0.0976 e. The summed E-state index contributed by atoms with van der Waals surface area (Å²) in [7, 11) is 0. The van der Waals surface area contributed by atoms with Crippen LogP contribution in [0, 0.1) is 11.8 Å². The number of benzene rings is 7. The fourth-order valence-electron chi connectivity index (χ4n) is 6.58. The monoisotopic (exact) mass is 558 g/mol. The summed E-state index contributed by atoms with van der Waals surface area (Å²) in [5.41, 5.74) is 12.2. The van der Waals surface area contributed by atoms with Crippen molar-refractivity contribution in [2.75, 3.05) is 0 Å². The highest BCUT2D eigenvalue weighted by Crippen LogP contribution is 2.45. The zero-order valence-electron chi connectivity index (χ0n) is 24.4. The van der Waals surface area contributed by atoms with Gasteiger partial charge in [-0.1, -0.05) is 164 Å². The molecule has 0 heteroatoms. The first kappa shape index (κ1) is 26.0. The van der Waals surface area contributed by atoms with Crippen molar-refractivity contribution in [2.45, 2.75) is 12.8 Å². The van der Waals surface area contributed by atoms with Gasteiger partial charge in [0.05, 0.1) is 0 Å². The van der Waals surface area contributed by atoms with E-state index in [9.17, 15) is 0 Å². The molecule has 206 valence electrons. The van der Waals surface area contributed by atoms with Crippen LogP contribution in [0.5, 0.6) is 0 Å². The molecule has 0 saturated carbocycles. The molecule has 0 amide bonds. The Kier molecular flexibility index (Phi) is 6.63. The highest BCUT2D eigenvalue weighted by molar-refractivity contribution is 6.22. The Bertz CT molecular complexity index is 2220. The molecule has 44 heavy (non-hydrogen) atoms. The quantitative estimate of drug-likeness (QED) is 0.146. The van der Waals surface area contributed by atoms with E-state index >= 15 is 0 Å². The molecule has 0 bridgehead atoms. The van der Waals surface area contributed by atoms with Crippen LogP contribution < -0.4 is 0 Å². The summed E-state index contributed by atoms with van der Waals surface area (Å²) >= 11 is 0. The third kappa shape index (κ3) is 4.70. The molecule has 0 aliphatic heterocycles. The van der Waals surface area contributed by atoms with Gasteiger partial charge in [0, 0.05) is 12.0 Å². The van der Waals surface area contributed by atoms with Gasteiger partial charge in [0.25, 0.3) is 0 Å². The summed E-state index contributed by atoms with van der Waals surface area (Å²) < 4.78 is 0. The predicted octanol–water partition coefficient (Wildman–Crippen LogP) is 11.8. The fraction of sp³-hybridized carbons (Fsp3) is 0.0455. The Morgan fingerprint density at radius 3 is 1.32 bits per heavy atom. The van der Waals surface area contributed by atoms with Crippen molar-refractivity contribution in [3.05, 3.63) is 163 Å². The number of rotatable bonds is 5. The first-order valence-electron chi connectivity index (χ1n) is 15.3. The molecule has 7 aromatic rings. The third-order valence-electron chi connectivity index (χ3n) is 8.74. The Hall–Kier alpha value is -5.64. The van der Waals surface area contributed by atoms with E-state index in [1.54, 1.807) is 0 Å². The molecule has 0 unspecified atom stereocenters. The van der Waals surface area contributed by atoms with Gasteiger partial charge in [0.1, 0.15) is 0 Å². The molecule has 0 spiro atoms. The minimum Gasteiger partial charge on any atom is -0.0976 e. The minimum absolute atomic E-state index is 0.934. The van der Waals surface area contributed by atoms with Gasteiger partial charge < -0.3 is 0 Å². The average molecular weight is 559 g/mol. The molecule has 7 aromatic carbocycles. The molecule has 0 atom stereocenters. The van der Waals surface area contributed by atoms with Crippen molar-refractivity contribution < 1.29 is 0 Å². The van der Waals surface area contributed by atoms with E-state index in [4.69, 9.17) is 0 Å². The highest BCUT2D eigenvalue weighted by atomic mass is 14.2. The van der Waals surface area contributed by atoms with Crippen LogP contribution >= 0.6 is 0 Å². The van der Waals surface area contributed by atoms with Crippen LogP contribution in [0.25, 0.3) is 71.6 Å². The first-order chi connectivity index (χ1) is 21.8. The molecule has 1 aliphatic carbocycles. The van der Waals surface area contributed by atoms with E-state index in [-0.39, 0.29) is 0 Å². The van der Waals surface area contributed by atoms with Gasteiger partial charge in [-0.05, 0) is 84.1 Å². The number of hydrogen-bond donors (Lipinski definition) is 0. The van der Waals surface area contributed by atoms with Gasteiger partial charge in [0.15, 0.2) is 0 Å². The second-order valence-electron chi connectivity index (χ2n) is 11.4. The lowest BCUT2D eigenvalue weighted by Crippen LogP contribution is -1.93. The fourth-order valence-corrected chi connectivity index (χ4v) is 6.58. The number of hydrogen-bond acceptors (Lipinski definition) is 0. The number of allylic oxidation sites excluding steroid dienone is 2. The van der Waals surface area contributed by atoms with Crippen molar-refractivity contribution in [3.8, 4) is 56.3 Å². The van der Waals surface area contributed by atoms with Gasteiger partial charge in [0.2, 0.25) is 0 Å². The van der Waals surface area contributed by atoms with Gasteiger partial charge in [-0.3, -0.25) is 0 Å². The highest BCUT2D eigenvalue weighted by Gasteiger charge is 2.18. The molecular formula is C44H30. The van der Waals surface area contributed by atoms with Gasteiger partial charge >= 0.3 is 0 Å². The first-order valence-corrected chi connectivity index (χ1v) is 15.3. The summed E-state index contributed by atoms with van der Waals surface area (Å²) in [4.78, 5) is 0. The smallest absolute Gasteiger partial charge is 0.0278 e. The Morgan fingerprint density at radius 2 is 0.795 bits per heavy atom.